The van der Waals surface area contributed by atoms with Crippen molar-refractivity contribution in [3.05, 3.63) is 45.8 Å². The van der Waals surface area contributed by atoms with Crippen LogP contribution in [0, 0.1) is 11.3 Å². The summed E-state index contributed by atoms with van der Waals surface area (Å²) in [6.07, 6.45) is 1.82. The fourth-order valence-electron chi connectivity index (χ4n) is 4.49. The second kappa shape index (κ2) is 11.8. The molecule has 200 valence electrons. The van der Waals surface area contributed by atoms with Crippen molar-refractivity contribution in [2.45, 2.75) is 38.0 Å². The maximum Gasteiger partial charge on any atom is 0.419 e. The van der Waals surface area contributed by atoms with Gasteiger partial charge in [0.25, 0.3) is 5.91 Å². The number of rotatable bonds is 8. The van der Waals surface area contributed by atoms with E-state index in [9.17, 15) is 14.9 Å². The van der Waals surface area contributed by atoms with Gasteiger partial charge in [0.1, 0.15) is 12.1 Å². The van der Waals surface area contributed by atoms with Crippen molar-refractivity contribution in [2.24, 2.45) is 0 Å². The fourth-order valence-corrected chi connectivity index (χ4v) is 6.95. The molecule has 1 aliphatic rings. The number of ether oxygens (including phenoxy) is 1. The number of likely N-dealkylation sites (N-methyl/N-ethyl adjacent to an activating group) is 1. The number of nitriles is 1. The normalized spacial score (nSPS) is 17.4. The Morgan fingerprint density at radius 2 is 2.11 bits per heavy atom. The highest BCUT2D eigenvalue weighted by atomic mass is 32.1. The van der Waals surface area contributed by atoms with Gasteiger partial charge in [-0.2, -0.15) is 5.26 Å². The van der Waals surface area contributed by atoms with E-state index in [1.165, 1.54) is 0 Å². The molecule has 0 bridgehead atoms. The molecule has 0 spiro atoms. The predicted molar refractivity (Wildman–Crippen MR) is 151 cm³/mol. The first kappa shape index (κ1) is 26.6. The lowest BCUT2D eigenvalue weighted by Gasteiger charge is -2.22. The van der Waals surface area contributed by atoms with E-state index < -0.39 is 12.1 Å². The van der Waals surface area contributed by atoms with Gasteiger partial charge < -0.3 is 24.7 Å². The van der Waals surface area contributed by atoms with Gasteiger partial charge in [-0.25, -0.2) is 4.79 Å². The second-order valence-electron chi connectivity index (χ2n) is 9.72. The van der Waals surface area contributed by atoms with Gasteiger partial charge in [0, 0.05) is 51.8 Å². The monoisotopic (exact) mass is 553 g/mol. The van der Waals surface area contributed by atoms with Crippen molar-refractivity contribution in [3.63, 3.8) is 0 Å². The summed E-state index contributed by atoms with van der Waals surface area (Å²) in [5.74, 6) is -0.586. The molecule has 0 radical (unpaired) electrons. The van der Waals surface area contributed by atoms with Crippen LogP contribution < -0.4 is 16.4 Å². The first-order valence-electron chi connectivity index (χ1n) is 12.7. The zero-order valence-corrected chi connectivity index (χ0v) is 23.1. The standard InChI is InChI=1S/C27H31N5O4S2/c1-31(2)8-9-32-20-11-17(5-6-21(20)36-27(32)34)23-14-25-24(38-23)13-19(37-25)12-18(15-28)30-26(33)22-16-29-7-3-4-10-35-22/h5-6,11,13-14,18,22,29H,3-4,7-10,12,16H2,1-2H3,(H,30,33). The Bertz CT molecular complexity index is 1490. The Hall–Kier alpha value is -3.01. The molecule has 9 nitrogen and oxygen atoms in total. The number of nitrogens with one attached hydrogen (secondary N) is 2. The van der Waals surface area contributed by atoms with Crippen LogP contribution in [0.3, 0.4) is 0 Å². The predicted octanol–water partition coefficient (Wildman–Crippen LogP) is 3.42. The van der Waals surface area contributed by atoms with Crippen molar-refractivity contribution in [1.82, 2.24) is 20.1 Å². The maximum atomic E-state index is 12.7. The summed E-state index contributed by atoms with van der Waals surface area (Å²) >= 11 is 3.30. The summed E-state index contributed by atoms with van der Waals surface area (Å²) in [4.78, 5) is 29.2. The molecule has 4 heterocycles. The smallest absolute Gasteiger partial charge is 0.408 e. The van der Waals surface area contributed by atoms with E-state index in [0.29, 0.717) is 31.7 Å². The summed E-state index contributed by atoms with van der Waals surface area (Å²) in [7, 11) is 3.95. The molecule has 1 amide bonds. The van der Waals surface area contributed by atoms with Crippen LogP contribution in [-0.2, 0) is 22.5 Å². The van der Waals surface area contributed by atoms with Crippen molar-refractivity contribution < 1.29 is 13.9 Å². The van der Waals surface area contributed by atoms with Crippen LogP contribution in [-0.4, -0.2) is 67.9 Å². The third-order valence-corrected chi connectivity index (χ3v) is 8.91. The highest BCUT2D eigenvalue weighted by Gasteiger charge is 2.23. The largest absolute Gasteiger partial charge is 0.419 e. The third kappa shape index (κ3) is 6.00. The maximum absolute atomic E-state index is 12.7. The molecule has 1 aromatic carbocycles. The van der Waals surface area contributed by atoms with Gasteiger partial charge >= 0.3 is 5.76 Å². The number of oxazole rings is 1. The van der Waals surface area contributed by atoms with Crippen LogP contribution in [0.5, 0.6) is 0 Å². The number of carbonyl (C=O) groups is 1. The molecule has 1 saturated heterocycles. The number of fused-ring (bicyclic) bond motifs is 2. The number of aromatic nitrogens is 1. The highest BCUT2D eigenvalue weighted by molar-refractivity contribution is 7.29. The Kier molecular flexibility index (Phi) is 8.26. The van der Waals surface area contributed by atoms with E-state index in [1.807, 2.05) is 37.2 Å². The van der Waals surface area contributed by atoms with Crippen molar-refractivity contribution in [3.8, 4) is 16.5 Å². The molecule has 0 aliphatic carbocycles. The molecule has 0 saturated carbocycles. The first-order chi connectivity index (χ1) is 18.4. The van der Waals surface area contributed by atoms with E-state index in [0.717, 1.165) is 56.2 Å². The zero-order chi connectivity index (χ0) is 26.6. The lowest BCUT2D eigenvalue weighted by molar-refractivity contribution is -0.133. The van der Waals surface area contributed by atoms with Crippen LogP contribution in [0.25, 0.3) is 30.9 Å². The fraction of sp³-hybridized carbons (Fsp3) is 0.444. The summed E-state index contributed by atoms with van der Waals surface area (Å²) in [5, 5.41) is 15.8. The summed E-state index contributed by atoms with van der Waals surface area (Å²) in [5.41, 5.74) is 2.41. The number of hydrogen-bond acceptors (Lipinski definition) is 9. The minimum atomic E-state index is -0.619. The number of carbonyl (C=O) groups excluding carboxylic acids is 1. The third-order valence-electron chi connectivity index (χ3n) is 6.55. The Labute approximate surface area is 228 Å². The van der Waals surface area contributed by atoms with Crippen LogP contribution in [0.15, 0.2) is 39.5 Å². The molecule has 3 aromatic heterocycles. The molecule has 1 aliphatic heterocycles. The van der Waals surface area contributed by atoms with E-state index in [-0.39, 0.29) is 11.7 Å². The zero-order valence-electron chi connectivity index (χ0n) is 21.5. The summed E-state index contributed by atoms with van der Waals surface area (Å²) < 4.78 is 15.1. The molecule has 11 heteroatoms. The molecular formula is C27H31N5O4S2. The van der Waals surface area contributed by atoms with Gasteiger partial charge in [-0.05, 0) is 69.4 Å². The highest BCUT2D eigenvalue weighted by Crippen LogP contribution is 2.39. The number of nitrogens with zero attached hydrogens (tertiary/aromatic N) is 3. The van der Waals surface area contributed by atoms with E-state index in [1.54, 1.807) is 27.2 Å². The van der Waals surface area contributed by atoms with E-state index in [2.05, 4.69) is 28.8 Å². The van der Waals surface area contributed by atoms with Crippen molar-refractivity contribution in [1.29, 1.82) is 5.26 Å². The van der Waals surface area contributed by atoms with Gasteiger partial charge in [0.2, 0.25) is 0 Å². The lowest BCUT2D eigenvalue weighted by Crippen LogP contribution is -2.47. The van der Waals surface area contributed by atoms with Gasteiger partial charge in [0.15, 0.2) is 5.58 Å². The molecule has 2 atom stereocenters. The lowest BCUT2D eigenvalue weighted by atomic mass is 10.1. The quantitative estimate of drug-likeness (QED) is 0.344. The number of benzene rings is 1. The molecule has 38 heavy (non-hydrogen) atoms. The van der Waals surface area contributed by atoms with Crippen LogP contribution in [0.2, 0.25) is 0 Å². The number of amides is 1. The average molecular weight is 554 g/mol. The van der Waals surface area contributed by atoms with Gasteiger partial charge in [-0.3, -0.25) is 9.36 Å². The topological polar surface area (TPSA) is 113 Å². The van der Waals surface area contributed by atoms with E-state index >= 15 is 0 Å². The summed E-state index contributed by atoms with van der Waals surface area (Å²) in [6, 6.07) is 11.7. The number of hydrogen-bond donors (Lipinski definition) is 2. The molecule has 5 rings (SSSR count). The van der Waals surface area contributed by atoms with E-state index in [4.69, 9.17) is 9.15 Å². The minimum absolute atomic E-state index is 0.245. The van der Waals surface area contributed by atoms with Gasteiger partial charge in [0.05, 0.1) is 11.6 Å². The molecule has 2 N–H and O–H groups in total. The van der Waals surface area contributed by atoms with Crippen LogP contribution >= 0.6 is 22.7 Å². The molecule has 1 fully saturated rings. The Morgan fingerprint density at radius 3 is 2.89 bits per heavy atom. The summed E-state index contributed by atoms with van der Waals surface area (Å²) in [6.45, 7) is 3.19. The first-order valence-corrected chi connectivity index (χ1v) is 14.4. The van der Waals surface area contributed by atoms with Crippen LogP contribution in [0.1, 0.15) is 17.7 Å². The number of thiophene rings is 2. The van der Waals surface area contributed by atoms with Crippen molar-refractivity contribution in [2.75, 3.05) is 40.3 Å². The van der Waals surface area contributed by atoms with Gasteiger partial charge in [-0.15, -0.1) is 22.7 Å². The van der Waals surface area contributed by atoms with Crippen LogP contribution in [0.4, 0.5) is 0 Å². The molecule has 4 aromatic rings. The molecule has 2 unspecified atom stereocenters. The SMILES string of the molecule is CN(C)CCn1c(=O)oc2ccc(-c3cc4sc(CC(C#N)NC(=O)C5CNCCCCO5)cc4s3)cc21. The van der Waals surface area contributed by atoms with Crippen molar-refractivity contribution >= 4 is 49.1 Å². The Morgan fingerprint density at radius 1 is 1.26 bits per heavy atom. The Balaban J connectivity index is 1.29. The second-order valence-corrected chi connectivity index (χ2v) is 12.0. The minimum Gasteiger partial charge on any atom is -0.408 e. The van der Waals surface area contributed by atoms with Gasteiger partial charge in [-0.1, -0.05) is 0 Å². The molecular weight excluding hydrogens is 522 g/mol. The average Bonchev–Trinajstić information content (AvgIpc) is 3.52.